The van der Waals surface area contributed by atoms with Gasteiger partial charge in [0, 0.05) is 25.0 Å². The molecule has 66 valence electrons. The molecule has 1 aliphatic heterocycles. The summed E-state index contributed by atoms with van der Waals surface area (Å²) in [5, 5.41) is 7.59. The molecule has 1 aromatic heterocycles. The molecule has 0 amide bonds. The zero-order valence-corrected chi connectivity index (χ0v) is 7.62. The SMILES string of the molecule is CC(C)c1ccnn1C1CNC1. The molecule has 0 aromatic carbocycles. The Morgan fingerprint density at radius 3 is 2.83 bits per heavy atom. The first-order valence-corrected chi connectivity index (χ1v) is 4.53. The zero-order chi connectivity index (χ0) is 8.55. The minimum absolute atomic E-state index is 0.577. The Bertz CT molecular complexity index is 260. The smallest absolute Gasteiger partial charge is 0.0771 e. The number of hydrogen-bond donors (Lipinski definition) is 1. The third-order valence-corrected chi connectivity index (χ3v) is 2.40. The molecule has 3 heteroatoms. The van der Waals surface area contributed by atoms with Crippen LogP contribution in [0.3, 0.4) is 0 Å². The van der Waals surface area contributed by atoms with E-state index in [1.54, 1.807) is 0 Å². The first-order chi connectivity index (χ1) is 5.79. The third-order valence-electron chi connectivity index (χ3n) is 2.40. The minimum Gasteiger partial charge on any atom is -0.312 e. The summed E-state index contributed by atoms with van der Waals surface area (Å²) in [5.41, 5.74) is 1.35. The van der Waals surface area contributed by atoms with Gasteiger partial charge < -0.3 is 5.32 Å². The van der Waals surface area contributed by atoms with E-state index in [2.05, 4.69) is 35.0 Å². The maximum atomic E-state index is 4.34. The first-order valence-electron chi connectivity index (χ1n) is 4.53. The maximum absolute atomic E-state index is 4.34. The minimum atomic E-state index is 0.577. The lowest BCUT2D eigenvalue weighted by molar-refractivity contribution is 0.308. The predicted octanol–water partition coefficient (Wildman–Crippen LogP) is 1.15. The molecule has 1 aliphatic rings. The summed E-state index contributed by atoms with van der Waals surface area (Å²) >= 11 is 0. The lowest BCUT2D eigenvalue weighted by Gasteiger charge is -2.29. The van der Waals surface area contributed by atoms with Crippen LogP contribution in [0.5, 0.6) is 0 Å². The standard InChI is InChI=1S/C9H15N3/c1-7(2)9-3-4-11-12(9)8-5-10-6-8/h3-4,7-8,10H,5-6H2,1-2H3. The molecule has 1 fully saturated rings. The van der Waals surface area contributed by atoms with Gasteiger partial charge in [-0.3, -0.25) is 4.68 Å². The highest BCUT2D eigenvalue weighted by Crippen LogP contribution is 2.19. The number of rotatable bonds is 2. The second-order valence-electron chi connectivity index (χ2n) is 3.67. The molecule has 0 atom stereocenters. The third kappa shape index (κ3) is 1.14. The number of nitrogens with zero attached hydrogens (tertiary/aromatic N) is 2. The zero-order valence-electron chi connectivity index (χ0n) is 7.62. The summed E-state index contributed by atoms with van der Waals surface area (Å²) in [6.45, 7) is 6.56. The van der Waals surface area contributed by atoms with Crippen molar-refractivity contribution in [2.24, 2.45) is 0 Å². The van der Waals surface area contributed by atoms with E-state index in [1.165, 1.54) is 5.69 Å². The summed E-state index contributed by atoms with van der Waals surface area (Å²) in [4.78, 5) is 0. The van der Waals surface area contributed by atoms with Gasteiger partial charge in [-0.15, -0.1) is 0 Å². The molecule has 12 heavy (non-hydrogen) atoms. The van der Waals surface area contributed by atoms with Crippen molar-refractivity contribution in [3.63, 3.8) is 0 Å². The van der Waals surface area contributed by atoms with Crippen molar-refractivity contribution in [3.8, 4) is 0 Å². The lowest BCUT2D eigenvalue weighted by atomic mass is 10.1. The molecule has 0 aliphatic carbocycles. The van der Waals surface area contributed by atoms with Gasteiger partial charge >= 0.3 is 0 Å². The molecule has 3 nitrogen and oxygen atoms in total. The maximum Gasteiger partial charge on any atom is 0.0771 e. The number of nitrogens with one attached hydrogen (secondary N) is 1. The van der Waals surface area contributed by atoms with Crippen molar-refractivity contribution < 1.29 is 0 Å². The average Bonchev–Trinajstić information content (AvgIpc) is 2.31. The second-order valence-corrected chi connectivity index (χ2v) is 3.67. The summed E-state index contributed by atoms with van der Waals surface area (Å²) in [7, 11) is 0. The Morgan fingerprint density at radius 1 is 1.58 bits per heavy atom. The van der Waals surface area contributed by atoms with Gasteiger partial charge in [0.2, 0.25) is 0 Å². The van der Waals surface area contributed by atoms with Gasteiger partial charge in [-0.05, 0) is 12.0 Å². The summed E-state index contributed by atoms with van der Waals surface area (Å²) in [6.07, 6.45) is 1.90. The Kier molecular flexibility index (Phi) is 1.89. The van der Waals surface area contributed by atoms with Crippen LogP contribution in [-0.2, 0) is 0 Å². The highest BCUT2D eigenvalue weighted by Gasteiger charge is 2.21. The van der Waals surface area contributed by atoms with Crippen molar-refractivity contribution in [2.75, 3.05) is 13.1 Å². The molecular weight excluding hydrogens is 150 g/mol. The fourth-order valence-corrected chi connectivity index (χ4v) is 1.53. The Morgan fingerprint density at radius 2 is 2.33 bits per heavy atom. The van der Waals surface area contributed by atoms with Crippen LogP contribution in [0.2, 0.25) is 0 Å². The van der Waals surface area contributed by atoms with Gasteiger partial charge in [0.05, 0.1) is 6.04 Å². The molecule has 0 radical (unpaired) electrons. The Balaban J connectivity index is 2.23. The molecule has 0 bridgehead atoms. The van der Waals surface area contributed by atoms with E-state index >= 15 is 0 Å². The Labute approximate surface area is 72.8 Å². The van der Waals surface area contributed by atoms with Crippen LogP contribution in [0.25, 0.3) is 0 Å². The molecule has 2 heterocycles. The van der Waals surface area contributed by atoms with E-state index in [1.807, 2.05) is 6.20 Å². The van der Waals surface area contributed by atoms with Gasteiger partial charge in [-0.1, -0.05) is 13.8 Å². The van der Waals surface area contributed by atoms with Crippen molar-refractivity contribution in [1.82, 2.24) is 15.1 Å². The molecule has 1 aromatic rings. The van der Waals surface area contributed by atoms with E-state index in [0.29, 0.717) is 12.0 Å². The molecule has 2 rings (SSSR count). The summed E-state index contributed by atoms with van der Waals surface area (Å²) in [6, 6.07) is 2.71. The van der Waals surface area contributed by atoms with Gasteiger partial charge in [0.25, 0.3) is 0 Å². The monoisotopic (exact) mass is 165 g/mol. The number of hydrogen-bond acceptors (Lipinski definition) is 2. The molecule has 1 saturated heterocycles. The fraction of sp³-hybridized carbons (Fsp3) is 0.667. The lowest BCUT2D eigenvalue weighted by Crippen LogP contribution is -2.44. The van der Waals surface area contributed by atoms with Gasteiger partial charge in [0.1, 0.15) is 0 Å². The van der Waals surface area contributed by atoms with Gasteiger partial charge in [-0.2, -0.15) is 5.10 Å². The summed E-state index contributed by atoms with van der Waals surface area (Å²) < 4.78 is 2.15. The molecule has 0 saturated carbocycles. The molecule has 1 N–H and O–H groups in total. The van der Waals surface area contributed by atoms with Crippen molar-refractivity contribution in [1.29, 1.82) is 0 Å². The van der Waals surface area contributed by atoms with Crippen molar-refractivity contribution in [2.45, 2.75) is 25.8 Å². The molecule has 0 unspecified atom stereocenters. The normalized spacial score (nSPS) is 18.2. The average molecular weight is 165 g/mol. The Hall–Kier alpha value is -0.830. The van der Waals surface area contributed by atoms with Crippen LogP contribution < -0.4 is 5.32 Å². The highest BCUT2D eigenvalue weighted by atomic mass is 15.3. The van der Waals surface area contributed by atoms with Crippen molar-refractivity contribution >= 4 is 0 Å². The van der Waals surface area contributed by atoms with Gasteiger partial charge in [-0.25, -0.2) is 0 Å². The molecular formula is C9H15N3. The van der Waals surface area contributed by atoms with E-state index in [9.17, 15) is 0 Å². The number of aromatic nitrogens is 2. The summed E-state index contributed by atoms with van der Waals surface area (Å²) in [5.74, 6) is 0.577. The quantitative estimate of drug-likeness (QED) is 0.712. The van der Waals surface area contributed by atoms with Gasteiger partial charge in [0.15, 0.2) is 0 Å². The van der Waals surface area contributed by atoms with E-state index in [-0.39, 0.29) is 0 Å². The van der Waals surface area contributed by atoms with Crippen LogP contribution in [0.4, 0.5) is 0 Å². The largest absolute Gasteiger partial charge is 0.312 e. The van der Waals surface area contributed by atoms with E-state index in [4.69, 9.17) is 0 Å². The predicted molar refractivity (Wildman–Crippen MR) is 48.2 cm³/mol. The first kappa shape index (κ1) is 7.80. The van der Waals surface area contributed by atoms with Crippen molar-refractivity contribution in [3.05, 3.63) is 18.0 Å². The van der Waals surface area contributed by atoms with Crippen LogP contribution in [0.1, 0.15) is 31.5 Å². The van der Waals surface area contributed by atoms with E-state index in [0.717, 1.165) is 13.1 Å². The highest BCUT2D eigenvalue weighted by molar-refractivity contribution is 5.08. The van der Waals surface area contributed by atoms with Crippen LogP contribution in [0.15, 0.2) is 12.3 Å². The van der Waals surface area contributed by atoms with Crippen LogP contribution in [-0.4, -0.2) is 22.9 Å². The fourth-order valence-electron chi connectivity index (χ4n) is 1.53. The van der Waals surface area contributed by atoms with Crippen LogP contribution in [0, 0.1) is 0 Å². The van der Waals surface area contributed by atoms with Crippen LogP contribution >= 0.6 is 0 Å². The molecule has 0 spiro atoms. The topological polar surface area (TPSA) is 29.9 Å². The second kappa shape index (κ2) is 2.90. The van der Waals surface area contributed by atoms with E-state index < -0.39 is 0 Å².